The third kappa shape index (κ3) is 3.85. The number of amides is 1. The van der Waals surface area contributed by atoms with Crippen molar-refractivity contribution in [3.05, 3.63) is 82.0 Å². The Balaban J connectivity index is 1.51. The predicted octanol–water partition coefficient (Wildman–Crippen LogP) is 5.33. The lowest BCUT2D eigenvalue weighted by atomic mass is 9.85. The quantitative estimate of drug-likeness (QED) is 0.428. The van der Waals surface area contributed by atoms with Crippen LogP contribution in [-0.4, -0.2) is 25.0 Å². The maximum atomic E-state index is 14.3. The molecule has 0 saturated carbocycles. The van der Waals surface area contributed by atoms with Gasteiger partial charge in [0.05, 0.1) is 18.1 Å². The number of esters is 1. The van der Waals surface area contributed by atoms with Crippen LogP contribution in [0.15, 0.2) is 60.7 Å². The van der Waals surface area contributed by atoms with Crippen LogP contribution in [0.1, 0.15) is 27.6 Å². The van der Waals surface area contributed by atoms with Gasteiger partial charge in [-0.2, -0.15) is 0 Å². The van der Waals surface area contributed by atoms with E-state index in [0.717, 1.165) is 10.1 Å². The Morgan fingerprint density at radius 1 is 1.17 bits per heavy atom. The summed E-state index contributed by atoms with van der Waals surface area (Å²) in [4.78, 5) is 25.7. The van der Waals surface area contributed by atoms with Crippen LogP contribution < -0.4 is 5.32 Å². The van der Waals surface area contributed by atoms with Gasteiger partial charge in [-0.3, -0.25) is 9.59 Å². The predicted molar refractivity (Wildman–Crippen MR) is 116 cm³/mol. The lowest BCUT2D eigenvalue weighted by molar-refractivity contribution is -0.143. The maximum absolute atomic E-state index is 14.3. The first kappa shape index (κ1) is 20.6. The second-order valence-electron chi connectivity index (χ2n) is 7.13. The fraction of sp³-hybridized carbons (Fsp3) is 0.217. The van der Waals surface area contributed by atoms with Gasteiger partial charge in [0.15, 0.2) is 0 Å². The molecule has 1 aromatic heterocycles. The van der Waals surface area contributed by atoms with Crippen LogP contribution in [0.3, 0.4) is 0 Å². The average molecular weight is 444 g/mol. The van der Waals surface area contributed by atoms with Gasteiger partial charge in [0.1, 0.15) is 10.7 Å². The number of methoxy groups -OCH3 is 1. The van der Waals surface area contributed by atoms with E-state index >= 15 is 0 Å². The zero-order chi connectivity index (χ0) is 21.3. The van der Waals surface area contributed by atoms with Gasteiger partial charge in [-0.15, -0.1) is 11.3 Å². The molecule has 0 saturated heterocycles. The van der Waals surface area contributed by atoms with Gasteiger partial charge in [0.2, 0.25) is 0 Å². The average Bonchev–Trinajstić information content (AvgIpc) is 3.34. The van der Waals surface area contributed by atoms with Crippen LogP contribution >= 0.6 is 22.9 Å². The van der Waals surface area contributed by atoms with Crippen molar-refractivity contribution in [2.75, 3.05) is 7.11 Å². The van der Waals surface area contributed by atoms with E-state index < -0.39 is 17.7 Å². The Labute approximate surface area is 182 Å². The minimum Gasteiger partial charge on any atom is -0.469 e. The minimum absolute atomic E-state index is 0.267. The van der Waals surface area contributed by atoms with Crippen molar-refractivity contribution in [3.63, 3.8) is 0 Å². The molecule has 7 heteroatoms. The van der Waals surface area contributed by atoms with Gasteiger partial charge in [0, 0.05) is 21.7 Å². The zero-order valence-electron chi connectivity index (χ0n) is 16.1. The molecular formula is C23H19ClFNO3S. The molecule has 30 heavy (non-hydrogen) atoms. The molecule has 0 aliphatic heterocycles. The third-order valence-corrected chi connectivity index (χ3v) is 6.97. The SMILES string of the molecule is COC(=O)C(c1ccccc1F)C1C=CC(NC(=O)c2sc3ccccc3c2Cl)C1. The van der Waals surface area contributed by atoms with Crippen molar-refractivity contribution in [3.8, 4) is 0 Å². The van der Waals surface area contributed by atoms with Crippen molar-refractivity contribution in [2.45, 2.75) is 18.4 Å². The molecule has 4 nitrogen and oxygen atoms in total. The number of allylic oxidation sites excluding steroid dienone is 1. The number of fused-ring (bicyclic) bond motifs is 1. The number of halogens is 2. The smallest absolute Gasteiger partial charge is 0.313 e. The van der Waals surface area contributed by atoms with Gasteiger partial charge in [-0.1, -0.05) is 60.2 Å². The Hall–Kier alpha value is -2.70. The van der Waals surface area contributed by atoms with E-state index in [-0.39, 0.29) is 17.9 Å². The highest BCUT2D eigenvalue weighted by molar-refractivity contribution is 7.21. The monoisotopic (exact) mass is 443 g/mol. The highest BCUT2D eigenvalue weighted by Crippen LogP contribution is 2.37. The molecule has 1 aliphatic rings. The summed E-state index contributed by atoms with van der Waals surface area (Å²) in [6, 6.07) is 13.5. The van der Waals surface area contributed by atoms with Crippen molar-refractivity contribution in [1.29, 1.82) is 0 Å². The second kappa shape index (κ2) is 8.58. The summed E-state index contributed by atoms with van der Waals surface area (Å²) in [5.74, 6) is -2.29. The summed E-state index contributed by atoms with van der Waals surface area (Å²) in [5.41, 5.74) is 0.290. The van der Waals surface area contributed by atoms with Crippen LogP contribution in [0.4, 0.5) is 4.39 Å². The van der Waals surface area contributed by atoms with Crippen LogP contribution in [0.2, 0.25) is 5.02 Å². The van der Waals surface area contributed by atoms with Gasteiger partial charge >= 0.3 is 5.97 Å². The van der Waals surface area contributed by atoms with E-state index in [9.17, 15) is 14.0 Å². The van der Waals surface area contributed by atoms with Crippen molar-refractivity contribution in [2.24, 2.45) is 5.92 Å². The molecular weight excluding hydrogens is 425 g/mol. The standard InChI is InChI=1S/C23H19ClFNO3S/c1-29-23(28)19(15-6-2-4-8-17(15)25)13-10-11-14(12-13)26-22(27)21-20(24)16-7-3-5-9-18(16)30-21/h2-11,13-14,19H,12H2,1H3,(H,26,27). The van der Waals surface area contributed by atoms with Crippen LogP contribution in [0, 0.1) is 11.7 Å². The van der Waals surface area contributed by atoms with Gasteiger partial charge < -0.3 is 10.1 Å². The largest absolute Gasteiger partial charge is 0.469 e. The maximum Gasteiger partial charge on any atom is 0.313 e. The number of rotatable bonds is 5. The molecule has 1 N–H and O–H groups in total. The Bertz CT molecular complexity index is 1140. The molecule has 0 spiro atoms. The number of carbonyl (C=O) groups excluding carboxylic acids is 2. The van der Waals surface area contributed by atoms with E-state index in [1.54, 1.807) is 18.2 Å². The summed E-state index contributed by atoms with van der Waals surface area (Å²) >= 11 is 7.74. The fourth-order valence-corrected chi connectivity index (χ4v) is 5.28. The van der Waals surface area contributed by atoms with Gasteiger partial charge in [0.25, 0.3) is 5.91 Å². The molecule has 3 unspecified atom stereocenters. The van der Waals surface area contributed by atoms with Crippen LogP contribution in [0.5, 0.6) is 0 Å². The number of hydrogen-bond donors (Lipinski definition) is 1. The summed E-state index contributed by atoms with van der Waals surface area (Å²) in [6.45, 7) is 0. The Morgan fingerprint density at radius 2 is 1.90 bits per heavy atom. The summed E-state index contributed by atoms with van der Waals surface area (Å²) in [7, 11) is 1.29. The van der Waals surface area contributed by atoms with Crippen LogP contribution in [0.25, 0.3) is 10.1 Å². The van der Waals surface area contributed by atoms with Crippen LogP contribution in [-0.2, 0) is 9.53 Å². The summed E-state index contributed by atoms with van der Waals surface area (Å²) in [6.07, 6.45) is 4.13. The normalized spacial score (nSPS) is 19.0. The summed E-state index contributed by atoms with van der Waals surface area (Å²) < 4.78 is 20.2. The minimum atomic E-state index is -0.776. The van der Waals surface area contributed by atoms with Gasteiger partial charge in [-0.25, -0.2) is 4.39 Å². The molecule has 1 amide bonds. The molecule has 3 aromatic rings. The molecule has 0 radical (unpaired) electrons. The van der Waals surface area contributed by atoms with Crippen molar-refractivity contribution >= 4 is 44.9 Å². The van der Waals surface area contributed by atoms with Crippen molar-refractivity contribution < 1.29 is 18.7 Å². The molecule has 154 valence electrons. The second-order valence-corrected chi connectivity index (χ2v) is 8.56. The van der Waals surface area contributed by atoms with E-state index in [4.69, 9.17) is 16.3 Å². The molecule has 1 aliphatic carbocycles. The number of nitrogens with one attached hydrogen (secondary N) is 1. The molecule has 2 aromatic carbocycles. The zero-order valence-corrected chi connectivity index (χ0v) is 17.7. The van der Waals surface area contributed by atoms with E-state index in [1.165, 1.54) is 24.5 Å². The topological polar surface area (TPSA) is 55.4 Å². The highest BCUT2D eigenvalue weighted by Gasteiger charge is 2.35. The Kier molecular flexibility index (Phi) is 5.88. The molecule has 4 rings (SSSR count). The number of benzene rings is 2. The van der Waals surface area contributed by atoms with Gasteiger partial charge in [-0.05, 0) is 24.5 Å². The summed E-state index contributed by atoms with van der Waals surface area (Å²) in [5, 5.41) is 4.24. The molecule has 0 bridgehead atoms. The molecule has 1 heterocycles. The first-order valence-corrected chi connectivity index (χ1v) is 10.7. The highest BCUT2D eigenvalue weighted by atomic mass is 35.5. The number of thiophene rings is 1. The first-order chi connectivity index (χ1) is 14.5. The molecule has 3 atom stereocenters. The number of hydrogen-bond acceptors (Lipinski definition) is 4. The number of carbonyl (C=O) groups is 2. The fourth-order valence-electron chi connectivity index (χ4n) is 3.86. The lowest BCUT2D eigenvalue weighted by Crippen LogP contribution is -2.33. The molecule has 0 fully saturated rings. The van der Waals surface area contributed by atoms with E-state index in [0.29, 0.717) is 21.9 Å². The Morgan fingerprint density at radius 3 is 2.63 bits per heavy atom. The first-order valence-electron chi connectivity index (χ1n) is 9.48. The third-order valence-electron chi connectivity index (χ3n) is 5.30. The van der Waals surface area contributed by atoms with Crippen molar-refractivity contribution in [1.82, 2.24) is 5.32 Å². The van der Waals surface area contributed by atoms with E-state index in [2.05, 4.69) is 5.32 Å². The number of ether oxygens (including phenoxy) is 1. The van der Waals surface area contributed by atoms with E-state index in [1.807, 2.05) is 36.4 Å². The lowest BCUT2D eigenvalue weighted by Gasteiger charge is -2.22.